The van der Waals surface area contributed by atoms with E-state index in [2.05, 4.69) is 21.9 Å². The Labute approximate surface area is 338 Å². The summed E-state index contributed by atoms with van der Waals surface area (Å²) >= 11 is 7.60. The molecule has 10 nitrogen and oxygen atoms in total. The maximum atomic E-state index is 14.2. The number of hydrogen-bond donors (Lipinski definition) is 3. The predicted octanol–water partition coefficient (Wildman–Crippen LogP) is 10.9. The number of aromatic hydroxyl groups is 1. The summed E-state index contributed by atoms with van der Waals surface area (Å²) in [7, 11) is 0. The van der Waals surface area contributed by atoms with Gasteiger partial charge in [-0.3, -0.25) is 19.0 Å². The zero-order valence-corrected chi connectivity index (χ0v) is 33.9. The Morgan fingerprint density at radius 3 is 2.05 bits per heavy atom. The number of fused-ring (bicyclic) bond motifs is 1. The molecular formula is C44H54ClN5O5S. The second-order valence-electron chi connectivity index (χ2n) is 14.5. The topological polar surface area (TPSA) is 135 Å². The van der Waals surface area contributed by atoms with Gasteiger partial charge in [-0.15, -0.1) is 0 Å². The van der Waals surface area contributed by atoms with Crippen molar-refractivity contribution in [3.8, 4) is 5.88 Å². The van der Waals surface area contributed by atoms with E-state index in [1.165, 1.54) is 99.9 Å². The van der Waals surface area contributed by atoms with Gasteiger partial charge in [0, 0.05) is 17.5 Å². The highest BCUT2D eigenvalue weighted by Gasteiger charge is 2.36. The summed E-state index contributed by atoms with van der Waals surface area (Å²) in [5, 5.41) is 17.3. The van der Waals surface area contributed by atoms with Crippen LogP contribution < -0.4 is 16.3 Å². The third-order valence-electron chi connectivity index (χ3n) is 10.0. The summed E-state index contributed by atoms with van der Waals surface area (Å²) in [6.07, 6.45) is 20.3. The number of benzene rings is 3. The molecule has 5 rings (SSSR count). The number of nitrogens with one attached hydrogen (secondary N) is 2. The van der Waals surface area contributed by atoms with Gasteiger partial charge in [-0.25, -0.2) is 9.36 Å². The van der Waals surface area contributed by atoms with Crippen LogP contribution in [0.3, 0.4) is 0 Å². The van der Waals surface area contributed by atoms with Gasteiger partial charge in [-0.05, 0) is 47.8 Å². The van der Waals surface area contributed by atoms with Crippen LogP contribution in [-0.4, -0.2) is 36.2 Å². The van der Waals surface area contributed by atoms with Crippen molar-refractivity contribution < 1.29 is 19.5 Å². The van der Waals surface area contributed by atoms with Crippen molar-refractivity contribution in [2.75, 3.05) is 10.6 Å². The van der Waals surface area contributed by atoms with Gasteiger partial charge in [0.25, 0.3) is 5.91 Å². The molecule has 0 spiro atoms. The lowest BCUT2D eigenvalue weighted by molar-refractivity contribution is -0.118. The molecule has 5 aromatic rings. The molecule has 2 heterocycles. The van der Waals surface area contributed by atoms with Crippen LogP contribution in [0.1, 0.15) is 132 Å². The average molecular weight is 800 g/mol. The van der Waals surface area contributed by atoms with Crippen molar-refractivity contribution in [3.05, 3.63) is 106 Å². The quantitative estimate of drug-likeness (QED) is 0.0323. The largest absolute Gasteiger partial charge is 0.493 e. The van der Waals surface area contributed by atoms with E-state index < -0.39 is 29.3 Å². The minimum absolute atomic E-state index is 0.00114. The van der Waals surface area contributed by atoms with Crippen LogP contribution in [-0.2, 0) is 16.1 Å². The molecule has 0 aliphatic rings. The first-order valence-electron chi connectivity index (χ1n) is 20.1. The Hall–Kier alpha value is -4.74. The Morgan fingerprint density at radius 1 is 0.786 bits per heavy atom. The molecular weight excluding hydrogens is 746 g/mol. The lowest BCUT2D eigenvalue weighted by Crippen LogP contribution is -2.39. The molecule has 3 N–H and O–H groups in total. The molecule has 0 saturated carbocycles. The molecule has 0 aliphatic carbocycles. The number of halogens is 1. The highest BCUT2D eigenvalue weighted by Crippen LogP contribution is 2.31. The number of nitrogens with zero attached hydrogens (tertiary/aromatic N) is 3. The van der Waals surface area contributed by atoms with E-state index in [4.69, 9.17) is 11.6 Å². The number of aromatic nitrogens is 3. The van der Waals surface area contributed by atoms with E-state index in [1.54, 1.807) is 24.3 Å². The number of carbonyl (C=O) groups is 3. The summed E-state index contributed by atoms with van der Waals surface area (Å²) < 4.78 is 7.06. The monoisotopic (exact) mass is 799 g/mol. The van der Waals surface area contributed by atoms with E-state index in [0.29, 0.717) is 17.5 Å². The van der Waals surface area contributed by atoms with E-state index in [1.807, 2.05) is 36.4 Å². The summed E-state index contributed by atoms with van der Waals surface area (Å²) in [5.41, 5.74) is 0.565. The maximum absolute atomic E-state index is 14.2. The van der Waals surface area contributed by atoms with Crippen LogP contribution in [0.5, 0.6) is 5.88 Å². The number of hydrogen-bond acceptors (Lipinski definition) is 7. The Morgan fingerprint density at radius 2 is 1.39 bits per heavy atom. The summed E-state index contributed by atoms with van der Waals surface area (Å²) in [6, 6.07) is 19.1. The Bertz CT molecular complexity index is 2090. The molecule has 0 saturated heterocycles. The van der Waals surface area contributed by atoms with Crippen LogP contribution in [0.4, 0.5) is 11.4 Å². The summed E-state index contributed by atoms with van der Waals surface area (Å²) in [4.78, 5) is 55.0. The number of Topliss-reactive ketones (excluding diaryl/α,β-unsaturated/α-hetero) is 1. The molecule has 0 aliphatic heterocycles. The smallest absolute Gasteiger partial charge is 0.332 e. The van der Waals surface area contributed by atoms with Crippen LogP contribution in [0.15, 0.2) is 83.8 Å². The Balaban J connectivity index is 1.17. The fraction of sp³-hybridized carbons (Fsp3) is 0.432. The number of anilines is 2. The van der Waals surface area contributed by atoms with Crippen LogP contribution >= 0.6 is 23.1 Å². The van der Waals surface area contributed by atoms with Gasteiger partial charge in [0.05, 0.1) is 28.2 Å². The van der Waals surface area contributed by atoms with E-state index >= 15 is 0 Å². The van der Waals surface area contributed by atoms with Crippen molar-refractivity contribution in [1.29, 1.82) is 0 Å². The van der Waals surface area contributed by atoms with Gasteiger partial charge in [0.2, 0.25) is 17.6 Å². The van der Waals surface area contributed by atoms with Crippen LogP contribution in [0, 0.1) is 0 Å². The van der Waals surface area contributed by atoms with Crippen molar-refractivity contribution in [1.82, 2.24) is 13.5 Å². The van der Waals surface area contributed by atoms with E-state index in [9.17, 15) is 24.3 Å². The number of imidazole rings is 1. The first-order valence-corrected chi connectivity index (χ1v) is 21.3. The summed E-state index contributed by atoms with van der Waals surface area (Å²) in [5.74, 6) is -2.41. The van der Waals surface area contributed by atoms with Crippen molar-refractivity contribution in [2.24, 2.45) is 0 Å². The van der Waals surface area contributed by atoms with Gasteiger partial charge in [0.15, 0.2) is 6.04 Å². The standard InChI is InChI=1S/C44H54ClN5O5S/c1-2-3-4-5-6-7-8-9-10-11-12-13-14-15-19-26-38(51)46-33-27-28-35(45)36(29-33)47-43(54)41(42(53)40-34-24-20-21-25-37(34)56-48-40)50-39(52)31-49(44(50)55)30-32-22-17-16-18-23-32/h16-18,20-25,27-29,31,41,52H,2-15,19,26,30H2,1H3,(H,46,51)(H,47,54). The number of carbonyl (C=O) groups excluding carboxylic acids is 3. The molecule has 298 valence electrons. The molecule has 2 aromatic heterocycles. The highest BCUT2D eigenvalue weighted by molar-refractivity contribution is 7.13. The molecule has 1 unspecified atom stereocenters. The zero-order valence-electron chi connectivity index (χ0n) is 32.3. The molecule has 12 heteroatoms. The molecule has 56 heavy (non-hydrogen) atoms. The summed E-state index contributed by atoms with van der Waals surface area (Å²) in [6.45, 7) is 2.36. The van der Waals surface area contributed by atoms with E-state index in [-0.39, 0.29) is 28.9 Å². The SMILES string of the molecule is CCCCCCCCCCCCCCCCCC(=O)Nc1ccc(Cl)c(NC(=O)C(C(=O)c2nsc3ccccc23)n2c(O)cn(Cc3ccccc3)c2=O)c1. The van der Waals surface area contributed by atoms with Crippen LogP contribution in [0.25, 0.3) is 10.1 Å². The van der Waals surface area contributed by atoms with Gasteiger partial charge in [-0.1, -0.05) is 157 Å². The van der Waals surface area contributed by atoms with Gasteiger partial charge in [-0.2, -0.15) is 4.37 Å². The Kier molecular flexibility index (Phi) is 16.7. The predicted molar refractivity (Wildman–Crippen MR) is 227 cm³/mol. The average Bonchev–Trinajstić information content (AvgIpc) is 3.74. The second-order valence-corrected chi connectivity index (χ2v) is 15.7. The van der Waals surface area contributed by atoms with Crippen LogP contribution in [0.2, 0.25) is 5.02 Å². The third-order valence-corrected chi connectivity index (χ3v) is 11.2. The lowest BCUT2D eigenvalue weighted by atomic mass is 10.0. The molecule has 3 aromatic carbocycles. The molecule has 0 radical (unpaired) electrons. The minimum atomic E-state index is -1.83. The number of amides is 2. The first kappa shape index (κ1) is 42.4. The third kappa shape index (κ3) is 12.1. The number of ketones is 1. The zero-order chi connectivity index (χ0) is 39.7. The lowest BCUT2D eigenvalue weighted by Gasteiger charge is -2.18. The molecule has 1 atom stereocenters. The molecule has 0 fully saturated rings. The van der Waals surface area contributed by atoms with Crippen molar-refractivity contribution >= 4 is 62.2 Å². The molecule has 0 bridgehead atoms. The van der Waals surface area contributed by atoms with E-state index in [0.717, 1.165) is 45.6 Å². The maximum Gasteiger partial charge on any atom is 0.332 e. The fourth-order valence-electron chi connectivity index (χ4n) is 6.96. The normalized spacial score (nSPS) is 11.8. The van der Waals surface area contributed by atoms with Gasteiger partial charge in [0.1, 0.15) is 5.69 Å². The highest BCUT2D eigenvalue weighted by atomic mass is 35.5. The van der Waals surface area contributed by atoms with Gasteiger partial charge < -0.3 is 15.7 Å². The number of unbranched alkanes of at least 4 members (excludes halogenated alkanes) is 14. The second kappa shape index (κ2) is 22.1. The van der Waals surface area contributed by atoms with Gasteiger partial charge >= 0.3 is 5.69 Å². The number of rotatable bonds is 24. The fourth-order valence-corrected chi connectivity index (χ4v) is 7.90. The minimum Gasteiger partial charge on any atom is -0.493 e. The molecule has 2 amide bonds. The van der Waals surface area contributed by atoms with Crippen molar-refractivity contribution in [3.63, 3.8) is 0 Å². The first-order chi connectivity index (χ1) is 27.3. The van der Waals surface area contributed by atoms with Crippen molar-refractivity contribution in [2.45, 2.75) is 122 Å².